The van der Waals surface area contributed by atoms with Crippen molar-refractivity contribution in [2.24, 2.45) is 0 Å². The number of likely N-dealkylation sites (N-methyl/N-ethyl adjacent to an activating group) is 1. The van der Waals surface area contributed by atoms with Crippen LogP contribution in [0.5, 0.6) is 5.75 Å². The maximum absolute atomic E-state index is 10.8. The zero-order valence-corrected chi connectivity index (χ0v) is 14.8. The van der Waals surface area contributed by atoms with Crippen LogP contribution < -0.4 is 16.2 Å². The lowest BCUT2D eigenvalue weighted by Gasteiger charge is -2.10. The van der Waals surface area contributed by atoms with Crippen molar-refractivity contribution in [2.45, 2.75) is 0 Å². The number of furan rings is 1. The van der Waals surface area contributed by atoms with Gasteiger partial charge < -0.3 is 30.6 Å². The van der Waals surface area contributed by atoms with Crippen LogP contribution in [0.1, 0.15) is 10.6 Å². The molecule has 0 saturated heterocycles. The van der Waals surface area contributed by atoms with Crippen molar-refractivity contribution in [1.29, 1.82) is 0 Å². The van der Waals surface area contributed by atoms with Gasteiger partial charge in [-0.1, -0.05) is 24.3 Å². The Morgan fingerprint density at radius 1 is 1.12 bits per heavy atom. The Labute approximate surface area is 151 Å². The SMILES string of the molecule is CN(C)CCOc1cccc2cc(C(=O)O)oc12.Nc1ccccc1N. The summed E-state index contributed by atoms with van der Waals surface area (Å²) >= 11 is 0. The van der Waals surface area contributed by atoms with Crippen molar-refractivity contribution in [3.8, 4) is 5.75 Å². The largest absolute Gasteiger partial charge is 0.488 e. The molecule has 0 fully saturated rings. The highest BCUT2D eigenvalue weighted by molar-refractivity contribution is 5.93. The van der Waals surface area contributed by atoms with E-state index in [0.717, 1.165) is 11.9 Å². The van der Waals surface area contributed by atoms with Gasteiger partial charge in [0.2, 0.25) is 5.76 Å². The van der Waals surface area contributed by atoms with E-state index in [1.807, 2.05) is 37.2 Å². The molecule has 0 aliphatic carbocycles. The monoisotopic (exact) mass is 357 g/mol. The van der Waals surface area contributed by atoms with Gasteiger partial charge >= 0.3 is 5.97 Å². The van der Waals surface area contributed by atoms with Crippen LogP contribution in [0, 0.1) is 0 Å². The molecule has 2 aromatic carbocycles. The summed E-state index contributed by atoms with van der Waals surface area (Å²) in [5.41, 5.74) is 12.6. The lowest BCUT2D eigenvalue weighted by atomic mass is 10.2. The van der Waals surface area contributed by atoms with E-state index in [1.54, 1.807) is 24.3 Å². The Morgan fingerprint density at radius 2 is 1.77 bits per heavy atom. The first-order valence-electron chi connectivity index (χ1n) is 8.02. The number of anilines is 2. The number of fused-ring (bicyclic) bond motifs is 1. The smallest absolute Gasteiger partial charge is 0.371 e. The quantitative estimate of drug-likeness (QED) is 0.601. The molecule has 26 heavy (non-hydrogen) atoms. The second-order valence-electron chi connectivity index (χ2n) is 5.87. The van der Waals surface area contributed by atoms with Gasteiger partial charge in [0.1, 0.15) is 6.61 Å². The predicted molar refractivity (Wildman–Crippen MR) is 102 cm³/mol. The number of carboxylic acid groups (broad SMARTS) is 1. The van der Waals surface area contributed by atoms with Gasteiger partial charge in [0.05, 0.1) is 11.4 Å². The van der Waals surface area contributed by atoms with Gasteiger partial charge in [-0.15, -0.1) is 0 Å². The van der Waals surface area contributed by atoms with Crippen LogP contribution in [0.4, 0.5) is 11.4 Å². The molecule has 7 nitrogen and oxygen atoms in total. The first-order chi connectivity index (χ1) is 12.4. The zero-order valence-electron chi connectivity index (χ0n) is 14.8. The number of benzene rings is 2. The fourth-order valence-electron chi connectivity index (χ4n) is 2.10. The number of rotatable bonds is 5. The highest BCUT2D eigenvalue weighted by Gasteiger charge is 2.13. The van der Waals surface area contributed by atoms with E-state index in [1.165, 1.54) is 6.07 Å². The molecule has 5 N–H and O–H groups in total. The molecule has 138 valence electrons. The molecule has 1 heterocycles. The number of ether oxygens (including phenoxy) is 1. The second-order valence-corrected chi connectivity index (χ2v) is 5.87. The zero-order chi connectivity index (χ0) is 19.1. The number of nitrogens with two attached hydrogens (primary N) is 2. The van der Waals surface area contributed by atoms with Gasteiger partial charge in [-0.3, -0.25) is 0 Å². The molecular weight excluding hydrogens is 334 g/mol. The second kappa shape index (κ2) is 8.77. The summed E-state index contributed by atoms with van der Waals surface area (Å²) in [5, 5.41) is 9.62. The number of nitrogen functional groups attached to an aromatic ring is 2. The Bertz CT molecular complexity index is 853. The molecule has 0 atom stereocenters. The minimum absolute atomic E-state index is 0.0753. The van der Waals surface area contributed by atoms with Gasteiger partial charge in [0, 0.05) is 11.9 Å². The molecule has 0 spiro atoms. The molecule has 0 amide bonds. The van der Waals surface area contributed by atoms with E-state index in [0.29, 0.717) is 29.3 Å². The number of aromatic carboxylic acids is 1. The van der Waals surface area contributed by atoms with Crippen LogP contribution in [0.15, 0.2) is 52.9 Å². The molecule has 7 heteroatoms. The van der Waals surface area contributed by atoms with Gasteiger partial charge in [-0.25, -0.2) is 4.79 Å². The minimum atomic E-state index is -1.08. The fraction of sp³-hybridized carbons (Fsp3) is 0.211. The number of carboxylic acids is 1. The van der Waals surface area contributed by atoms with E-state index >= 15 is 0 Å². The maximum atomic E-state index is 10.8. The normalized spacial score (nSPS) is 10.4. The first kappa shape index (κ1) is 19.1. The van der Waals surface area contributed by atoms with E-state index in [2.05, 4.69) is 0 Å². The fourth-order valence-corrected chi connectivity index (χ4v) is 2.10. The predicted octanol–water partition coefficient (Wildman–Crippen LogP) is 2.92. The van der Waals surface area contributed by atoms with Crippen LogP contribution in [-0.2, 0) is 0 Å². The van der Waals surface area contributed by atoms with Crippen LogP contribution in [0.3, 0.4) is 0 Å². The van der Waals surface area contributed by atoms with Gasteiger partial charge in [-0.2, -0.15) is 0 Å². The van der Waals surface area contributed by atoms with Crippen molar-refractivity contribution >= 4 is 28.3 Å². The van der Waals surface area contributed by atoms with E-state index < -0.39 is 5.97 Å². The Balaban J connectivity index is 0.000000254. The number of hydrogen-bond acceptors (Lipinski definition) is 6. The summed E-state index contributed by atoms with van der Waals surface area (Å²) in [6.45, 7) is 1.30. The molecule has 0 radical (unpaired) electrons. The number of nitrogens with zero attached hydrogens (tertiary/aromatic N) is 1. The topological polar surface area (TPSA) is 115 Å². The molecule has 0 aliphatic rings. The van der Waals surface area contributed by atoms with Crippen molar-refractivity contribution in [1.82, 2.24) is 4.90 Å². The minimum Gasteiger partial charge on any atom is -0.488 e. The molecule has 1 aromatic heterocycles. The summed E-state index contributed by atoms with van der Waals surface area (Å²) in [7, 11) is 3.92. The molecule has 0 aliphatic heterocycles. The van der Waals surface area contributed by atoms with Crippen LogP contribution in [0.2, 0.25) is 0 Å². The molecular formula is C19H23N3O4. The molecule has 0 bridgehead atoms. The highest BCUT2D eigenvalue weighted by atomic mass is 16.5. The number of para-hydroxylation sites is 3. The van der Waals surface area contributed by atoms with Crippen molar-refractivity contribution in [3.05, 3.63) is 54.3 Å². The highest BCUT2D eigenvalue weighted by Crippen LogP contribution is 2.28. The standard InChI is InChI=1S/C13H15NO4.C6H8N2/c1-14(2)6-7-17-10-5-3-4-9-8-11(13(15)16)18-12(9)10;7-5-3-1-2-4-6(5)8/h3-5,8H,6-7H2,1-2H3,(H,15,16);1-4H,7-8H2. The lowest BCUT2D eigenvalue weighted by molar-refractivity contribution is 0.0665. The third-order valence-corrected chi connectivity index (χ3v) is 3.51. The average Bonchev–Trinajstić information content (AvgIpc) is 3.03. The summed E-state index contributed by atoms with van der Waals surface area (Å²) in [6, 6.07) is 14.1. The maximum Gasteiger partial charge on any atom is 0.371 e. The summed E-state index contributed by atoms with van der Waals surface area (Å²) < 4.78 is 10.9. The van der Waals surface area contributed by atoms with Crippen LogP contribution >= 0.6 is 0 Å². The number of hydrogen-bond donors (Lipinski definition) is 3. The van der Waals surface area contributed by atoms with Gasteiger partial charge in [-0.05, 0) is 38.4 Å². The molecule has 0 saturated carbocycles. The third-order valence-electron chi connectivity index (χ3n) is 3.51. The Hall–Kier alpha value is -3.19. The molecule has 0 unspecified atom stereocenters. The third kappa shape index (κ3) is 5.15. The van der Waals surface area contributed by atoms with Crippen LogP contribution in [0.25, 0.3) is 11.0 Å². The van der Waals surface area contributed by atoms with Gasteiger partial charge in [0.15, 0.2) is 11.3 Å². The average molecular weight is 357 g/mol. The molecule has 3 aromatic rings. The van der Waals surface area contributed by atoms with E-state index in [4.69, 9.17) is 25.7 Å². The lowest BCUT2D eigenvalue weighted by Crippen LogP contribution is -2.19. The summed E-state index contributed by atoms with van der Waals surface area (Å²) in [5.74, 6) is -0.582. The van der Waals surface area contributed by atoms with Gasteiger partial charge in [0.25, 0.3) is 0 Å². The summed E-state index contributed by atoms with van der Waals surface area (Å²) in [6.07, 6.45) is 0. The van der Waals surface area contributed by atoms with E-state index in [9.17, 15) is 4.79 Å². The summed E-state index contributed by atoms with van der Waals surface area (Å²) in [4.78, 5) is 12.8. The first-order valence-corrected chi connectivity index (χ1v) is 8.02. The van der Waals surface area contributed by atoms with Crippen molar-refractivity contribution < 1.29 is 19.1 Å². The molecule has 3 rings (SSSR count). The Kier molecular flexibility index (Phi) is 6.46. The van der Waals surface area contributed by atoms with E-state index in [-0.39, 0.29) is 5.76 Å². The van der Waals surface area contributed by atoms with Crippen LogP contribution in [-0.4, -0.2) is 43.2 Å². The van der Waals surface area contributed by atoms with Crippen molar-refractivity contribution in [3.63, 3.8) is 0 Å². The Morgan fingerprint density at radius 3 is 2.31 bits per heavy atom. The number of carbonyl (C=O) groups is 1. The van der Waals surface area contributed by atoms with Crippen molar-refractivity contribution in [2.75, 3.05) is 38.7 Å².